The van der Waals surface area contributed by atoms with Crippen molar-refractivity contribution in [3.05, 3.63) is 38.0 Å². The molecule has 0 bridgehead atoms. The fourth-order valence-electron chi connectivity index (χ4n) is 1.89. The molecule has 2 rings (SSSR count). The molecule has 0 radical (unpaired) electrons. The number of ether oxygens (including phenoxy) is 2. The summed E-state index contributed by atoms with van der Waals surface area (Å²) in [6.07, 6.45) is 1.57. The van der Waals surface area contributed by atoms with Gasteiger partial charge in [-0.2, -0.15) is 0 Å². The molecule has 26 heavy (non-hydrogen) atoms. The van der Waals surface area contributed by atoms with E-state index in [2.05, 4.69) is 9.71 Å². The number of Topliss-reactive ketones (excluding diaryl/α,β-unsaturated/α-hetero) is 1. The molecule has 0 aliphatic carbocycles. The Morgan fingerprint density at radius 1 is 1.31 bits per heavy atom. The summed E-state index contributed by atoms with van der Waals surface area (Å²) in [4.78, 5) is 29.4. The van der Waals surface area contributed by atoms with Crippen LogP contribution in [0.5, 0.6) is 0 Å². The second-order valence-corrected chi connectivity index (χ2v) is 9.19. The van der Waals surface area contributed by atoms with Gasteiger partial charge < -0.3 is 9.47 Å². The van der Waals surface area contributed by atoms with Gasteiger partial charge in [0.2, 0.25) is 15.8 Å². The van der Waals surface area contributed by atoms with E-state index < -0.39 is 16.0 Å². The van der Waals surface area contributed by atoms with Crippen LogP contribution in [0, 0.1) is 0 Å². The number of ketones is 1. The van der Waals surface area contributed by atoms with Crippen LogP contribution in [0.2, 0.25) is 0 Å². The smallest absolute Gasteiger partial charge is 0.358 e. The van der Waals surface area contributed by atoms with E-state index >= 15 is 0 Å². The molecule has 2 heterocycles. The Morgan fingerprint density at radius 3 is 2.77 bits per heavy atom. The van der Waals surface area contributed by atoms with Crippen molar-refractivity contribution < 1.29 is 27.5 Å². The minimum Gasteiger partial charge on any atom is -0.453 e. The third kappa shape index (κ3) is 6.57. The molecule has 11 heteroatoms. The van der Waals surface area contributed by atoms with Gasteiger partial charge in [0, 0.05) is 23.9 Å². The summed E-state index contributed by atoms with van der Waals surface area (Å²) in [6, 6.07) is 3.39. The number of hydrogen-bond donors (Lipinski definition) is 1. The third-order valence-corrected chi connectivity index (χ3v) is 5.77. The van der Waals surface area contributed by atoms with Crippen LogP contribution in [0.3, 0.4) is 0 Å². The van der Waals surface area contributed by atoms with Gasteiger partial charge in [-0.05, 0) is 18.6 Å². The first kappa shape index (κ1) is 20.6. The van der Waals surface area contributed by atoms with Gasteiger partial charge in [-0.25, -0.2) is 22.9 Å². The van der Waals surface area contributed by atoms with Gasteiger partial charge in [0.25, 0.3) is 0 Å². The lowest BCUT2D eigenvalue weighted by molar-refractivity contribution is 0.0470. The molecule has 1 N–H and O–H groups in total. The number of esters is 1. The SMILES string of the molecule is COCc1nc(C(=O)OCC(=O)c2ccc(CCNS(C)(=O)=O)s2)cs1. The second kappa shape index (κ2) is 9.33. The van der Waals surface area contributed by atoms with E-state index in [1.165, 1.54) is 29.8 Å². The highest BCUT2D eigenvalue weighted by Gasteiger charge is 2.16. The van der Waals surface area contributed by atoms with E-state index in [1.54, 1.807) is 17.5 Å². The Hall–Kier alpha value is -1.66. The van der Waals surface area contributed by atoms with Crippen LogP contribution < -0.4 is 4.72 Å². The van der Waals surface area contributed by atoms with Gasteiger partial charge in [0.05, 0.1) is 17.7 Å². The molecule has 0 saturated carbocycles. The summed E-state index contributed by atoms with van der Waals surface area (Å²) in [7, 11) is -1.70. The van der Waals surface area contributed by atoms with Gasteiger partial charge in [0.1, 0.15) is 5.01 Å². The molecule has 0 aliphatic rings. The first-order valence-electron chi connectivity index (χ1n) is 7.45. The Balaban J connectivity index is 1.83. The van der Waals surface area contributed by atoms with E-state index in [0.29, 0.717) is 22.9 Å². The van der Waals surface area contributed by atoms with Crippen LogP contribution in [0.15, 0.2) is 17.5 Å². The minimum absolute atomic E-state index is 0.147. The molecule has 142 valence electrons. The van der Waals surface area contributed by atoms with Gasteiger partial charge >= 0.3 is 5.97 Å². The number of aromatic nitrogens is 1. The highest BCUT2D eigenvalue weighted by Crippen LogP contribution is 2.18. The summed E-state index contributed by atoms with van der Waals surface area (Å²) in [5.41, 5.74) is 0.147. The zero-order valence-corrected chi connectivity index (χ0v) is 16.6. The third-order valence-electron chi connectivity index (χ3n) is 3.04. The monoisotopic (exact) mass is 418 g/mol. The number of carbonyl (C=O) groups excluding carboxylic acids is 2. The first-order chi connectivity index (χ1) is 12.3. The molecule has 0 spiro atoms. The quantitative estimate of drug-likeness (QED) is 0.459. The summed E-state index contributed by atoms with van der Waals surface area (Å²) >= 11 is 2.52. The van der Waals surface area contributed by atoms with Crippen molar-refractivity contribution in [3.8, 4) is 0 Å². The summed E-state index contributed by atoms with van der Waals surface area (Å²) in [6.45, 7) is 0.191. The number of hydrogen-bond acceptors (Lipinski definition) is 9. The maximum atomic E-state index is 12.1. The molecule has 0 aromatic carbocycles. The molecule has 8 nitrogen and oxygen atoms in total. The predicted octanol–water partition coefficient (Wildman–Crippen LogP) is 1.48. The number of rotatable bonds is 10. The second-order valence-electron chi connectivity index (χ2n) is 5.24. The Kier molecular flexibility index (Phi) is 7.41. The largest absolute Gasteiger partial charge is 0.453 e. The molecule has 0 fully saturated rings. The zero-order valence-electron chi connectivity index (χ0n) is 14.2. The number of thiazole rings is 1. The maximum absolute atomic E-state index is 12.1. The van der Waals surface area contributed by atoms with Crippen molar-refractivity contribution in [2.75, 3.05) is 26.5 Å². The Morgan fingerprint density at radius 2 is 2.08 bits per heavy atom. The molecule has 2 aromatic rings. The van der Waals surface area contributed by atoms with Crippen LogP contribution in [0.1, 0.15) is 30.0 Å². The van der Waals surface area contributed by atoms with E-state index in [1.807, 2.05) is 0 Å². The molecule has 0 saturated heterocycles. The summed E-state index contributed by atoms with van der Waals surface area (Å²) in [5.74, 6) is -0.982. The van der Waals surface area contributed by atoms with Crippen molar-refractivity contribution >= 4 is 44.4 Å². The lowest BCUT2D eigenvalue weighted by Gasteiger charge is -2.01. The number of carbonyl (C=O) groups is 2. The predicted molar refractivity (Wildman–Crippen MR) is 98.3 cm³/mol. The number of nitrogens with one attached hydrogen (secondary N) is 1. The molecule has 0 aliphatic heterocycles. The zero-order chi connectivity index (χ0) is 19.2. The highest BCUT2D eigenvalue weighted by molar-refractivity contribution is 7.88. The molecular weight excluding hydrogens is 400 g/mol. The van der Waals surface area contributed by atoms with E-state index in [0.717, 1.165) is 11.1 Å². The molecular formula is C15H18N2O6S3. The minimum atomic E-state index is -3.23. The van der Waals surface area contributed by atoms with E-state index in [-0.39, 0.29) is 24.6 Å². The fraction of sp³-hybridized carbons (Fsp3) is 0.400. The summed E-state index contributed by atoms with van der Waals surface area (Å²) in [5, 5.41) is 2.20. The highest BCUT2D eigenvalue weighted by atomic mass is 32.2. The van der Waals surface area contributed by atoms with Gasteiger partial charge in [0.15, 0.2) is 12.3 Å². The maximum Gasteiger partial charge on any atom is 0.358 e. The molecule has 0 unspecified atom stereocenters. The van der Waals surface area contributed by atoms with Crippen molar-refractivity contribution in [1.29, 1.82) is 0 Å². The van der Waals surface area contributed by atoms with Crippen LogP contribution in [-0.2, 0) is 32.5 Å². The molecule has 0 atom stereocenters. The number of sulfonamides is 1. The Bertz CT molecular complexity index is 872. The van der Waals surface area contributed by atoms with Crippen molar-refractivity contribution in [3.63, 3.8) is 0 Å². The number of thiophene rings is 1. The average molecular weight is 419 g/mol. The van der Waals surface area contributed by atoms with Gasteiger partial charge in [-0.1, -0.05) is 0 Å². The lowest BCUT2D eigenvalue weighted by Crippen LogP contribution is -2.24. The number of nitrogens with zero attached hydrogens (tertiary/aromatic N) is 1. The topological polar surface area (TPSA) is 112 Å². The first-order valence-corrected chi connectivity index (χ1v) is 11.0. The normalized spacial score (nSPS) is 11.5. The van der Waals surface area contributed by atoms with Gasteiger partial charge in [-0.3, -0.25) is 4.79 Å². The molecule has 2 aromatic heterocycles. The Labute approximate surface area is 159 Å². The standard InChI is InChI=1S/C15H18N2O6S3/c1-22-8-14-17-11(9-24-14)15(19)23-7-12(18)13-4-3-10(25-13)5-6-16-26(2,20)21/h3-4,9,16H,5-8H2,1-2H3. The molecule has 0 amide bonds. The van der Waals surface area contributed by atoms with Crippen LogP contribution in [-0.4, -0.2) is 51.7 Å². The van der Waals surface area contributed by atoms with Crippen LogP contribution in [0.4, 0.5) is 0 Å². The van der Waals surface area contributed by atoms with Crippen molar-refractivity contribution in [2.24, 2.45) is 0 Å². The van der Waals surface area contributed by atoms with E-state index in [9.17, 15) is 18.0 Å². The fourth-order valence-corrected chi connectivity index (χ4v) is 4.03. The van der Waals surface area contributed by atoms with Crippen LogP contribution >= 0.6 is 22.7 Å². The lowest BCUT2D eigenvalue weighted by atomic mass is 10.3. The number of methoxy groups -OCH3 is 1. The van der Waals surface area contributed by atoms with E-state index in [4.69, 9.17) is 9.47 Å². The van der Waals surface area contributed by atoms with Crippen molar-refractivity contribution in [2.45, 2.75) is 13.0 Å². The van der Waals surface area contributed by atoms with Crippen LogP contribution in [0.25, 0.3) is 0 Å². The van der Waals surface area contributed by atoms with Crippen molar-refractivity contribution in [1.82, 2.24) is 9.71 Å². The van der Waals surface area contributed by atoms with Gasteiger partial charge in [-0.15, -0.1) is 22.7 Å². The summed E-state index contributed by atoms with van der Waals surface area (Å²) < 4.78 is 34.4. The average Bonchev–Trinajstić information content (AvgIpc) is 3.21.